The quantitative estimate of drug-likeness (QED) is 0.598. The third kappa shape index (κ3) is 3.31. The van der Waals surface area contributed by atoms with E-state index in [9.17, 15) is 14.0 Å². The maximum Gasteiger partial charge on any atom is 0.274 e. The maximum atomic E-state index is 13.5. The summed E-state index contributed by atoms with van der Waals surface area (Å²) >= 11 is 0. The average Bonchev–Trinajstić information content (AvgIpc) is 3.08. The Labute approximate surface area is 194 Å². The van der Waals surface area contributed by atoms with Crippen LogP contribution in [0.3, 0.4) is 0 Å². The van der Waals surface area contributed by atoms with E-state index >= 15 is 0 Å². The van der Waals surface area contributed by atoms with Crippen molar-refractivity contribution in [1.29, 1.82) is 0 Å². The summed E-state index contributed by atoms with van der Waals surface area (Å²) in [7, 11) is 0. The molecule has 1 N–H and O–H groups in total. The van der Waals surface area contributed by atoms with Crippen molar-refractivity contribution < 1.29 is 18.7 Å². The minimum atomic E-state index is -1.03. The SMILES string of the molecule is CC(C)Oc1nc2nn(C34COC(C)(C3)C4)cc2cc1C(=O)Nc1cccn(C2C[C@@H]2F)c1=O. The van der Waals surface area contributed by atoms with Gasteiger partial charge in [0.15, 0.2) is 5.65 Å². The number of nitrogens with one attached hydrogen (secondary N) is 1. The largest absolute Gasteiger partial charge is 0.474 e. The Morgan fingerprint density at radius 2 is 2.15 bits per heavy atom. The van der Waals surface area contributed by atoms with E-state index < -0.39 is 23.7 Å². The van der Waals surface area contributed by atoms with E-state index in [1.807, 2.05) is 24.7 Å². The Morgan fingerprint density at radius 3 is 2.79 bits per heavy atom. The van der Waals surface area contributed by atoms with Gasteiger partial charge in [0.1, 0.15) is 17.4 Å². The van der Waals surface area contributed by atoms with Crippen LogP contribution in [0.2, 0.25) is 0 Å². The lowest BCUT2D eigenvalue weighted by Gasteiger charge is -2.42. The molecule has 9 nitrogen and oxygen atoms in total. The molecule has 0 aromatic carbocycles. The van der Waals surface area contributed by atoms with Crippen LogP contribution in [-0.2, 0) is 10.3 Å². The van der Waals surface area contributed by atoms with Gasteiger partial charge in [-0.05, 0) is 39.0 Å². The fourth-order valence-electron chi connectivity index (χ4n) is 5.24. The number of pyridine rings is 2. The number of nitrogens with zero attached hydrogens (tertiary/aromatic N) is 4. The first-order valence-electron chi connectivity index (χ1n) is 11.5. The highest BCUT2D eigenvalue weighted by Gasteiger charge is 2.61. The topological polar surface area (TPSA) is 100 Å². The molecule has 2 atom stereocenters. The van der Waals surface area contributed by atoms with Gasteiger partial charge in [-0.2, -0.15) is 10.1 Å². The van der Waals surface area contributed by atoms with Gasteiger partial charge in [0.25, 0.3) is 11.5 Å². The zero-order valence-corrected chi connectivity index (χ0v) is 19.2. The lowest BCUT2D eigenvalue weighted by atomic mass is 9.69. The van der Waals surface area contributed by atoms with Crippen molar-refractivity contribution in [3.05, 3.63) is 46.5 Å². The van der Waals surface area contributed by atoms with Crippen molar-refractivity contribution in [3.63, 3.8) is 0 Å². The highest BCUT2D eigenvalue weighted by atomic mass is 19.1. The summed E-state index contributed by atoms with van der Waals surface area (Å²) in [5.74, 6) is -0.384. The van der Waals surface area contributed by atoms with Crippen molar-refractivity contribution in [2.75, 3.05) is 11.9 Å². The van der Waals surface area contributed by atoms with Gasteiger partial charge in [0.2, 0.25) is 5.88 Å². The first kappa shape index (κ1) is 21.3. The third-order valence-electron chi connectivity index (χ3n) is 6.89. The first-order chi connectivity index (χ1) is 16.2. The summed E-state index contributed by atoms with van der Waals surface area (Å²) in [4.78, 5) is 30.5. The molecule has 2 saturated heterocycles. The second kappa shape index (κ2) is 7.11. The van der Waals surface area contributed by atoms with Crippen LogP contribution < -0.4 is 15.6 Å². The molecule has 10 heteroatoms. The van der Waals surface area contributed by atoms with E-state index in [-0.39, 0.29) is 34.4 Å². The summed E-state index contributed by atoms with van der Waals surface area (Å²) < 4.78 is 28.5. The molecular weight excluding hydrogens is 441 g/mol. The fraction of sp³-hybridized carbons (Fsp3) is 0.500. The van der Waals surface area contributed by atoms with Crippen LogP contribution in [-0.4, -0.2) is 49.7 Å². The molecule has 1 unspecified atom stereocenters. The van der Waals surface area contributed by atoms with Gasteiger partial charge in [-0.25, -0.2) is 4.39 Å². The van der Waals surface area contributed by atoms with Crippen molar-refractivity contribution >= 4 is 22.6 Å². The van der Waals surface area contributed by atoms with E-state index in [0.29, 0.717) is 24.1 Å². The predicted molar refractivity (Wildman–Crippen MR) is 122 cm³/mol. The molecular formula is C24H26FN5O4. The van der Waals surface area contributed by atoms with Gasteiger partial charge >= 0.3 is 0 Å². The summed E-state index contributed by atoms with van der Waals surface area (Å²) in [6, 6.07) is 4.34. The number of hydrogen-bond donors (Lipinski definition) is 1. The van der Waals surface area contributed by atoms with E-state index in [1.165, 1.54) is 16.8 Å². The van der Waals surface area contributed by atoms with E-state index in [0.717, 1.165) is 12.8 Å². The molecule has 1 amide bonds. The number of anilines is 1. The molecule has 7 rings (SSSR count). The molecule has 4 fully saturated rings. The van der Waals surface area contributed by atoms with E-state index in [4.69, 9.17) is 9.47 Å². The highest BCUT2D eigenvalue weighted by molar-refractivity contribution is 6.07. The summed E-state index contributed by atoms with van der Waals surface area (Å²) in [6.45, 7) is 6.39. The molecule has 0 radical (unpaired) electrons. The number of ether oxygens (including phenoxy) is 2. The molecule has 4 aliphatic rings. The molecule has 5 heterocycles. The van der Waals surface area contributed by atoms with E-state index in [2.05, 4.69) is 22.3 Å². The van der Waals surface area contributed by atoms with Crippen molar-refractivity contribution in [3.8, 4) is 5.88 Å². The van der Waals surface area contributed by atoms with Crippen LogP contribution in [0, 0.1) is 0 Å². The Kier molecular flexibility index (Phi) is 4.45. The van der Waals surface area contributed by atoms with Gasteiger partial charge in [0.05, 0.1) is 29.9 Å². The first-order valence-corrected chi connectivity index (χ1v) is 11.5. The smallest absolute Gasteiger partial charge is 0.274 e. The maximum absolute atomic E-state index is 13.5. The number of alkyl halides is 1. The number of halogens is 1. The molecule has 0 spiro atoms. The van der Waals surface area contributed by atoms with E-state index in [1.54, 1.807) is 12.1 Å². The number of carbonyl (C=O) groups excluding carboxylic acids is 1. The fourth-order valence-corrected chi connectivity index (χ4v) is 5.24. The molecule has 3 aromatic rings. The Morgan fingerprint density at radius 1 is 1.38 bits per heavy atom. The van der Waals surface area contributed by atoms with Crippen molar-refractivity contribution in [2.24, 2.45) is 0 Å². The van der Waals surface area contributed by atoms with Gasteiger partial charge < -0.3 is 19.4 Å². The van der Waals surface area contributed by atoms with Gasteiger partial charge in [-0.3, -0.25) is 14.3 Å². The zero-order chi connectivity index (χ0) is 23.8. The van der Waals surface area contributed by atoms with Crippen LogP contribution in [0.4, 0.5) is 10.1 Å². The Bertz CT molecular complexity index is 1370. The number of rotatable bonds is 6. The molecule has 178 valence electrons. The van der Waals surface area contributed by atoms with Gasteiger partial charge in [0, 0.05) is 37.0 Å². The van der Waals surface area contributed by atoms with Crippen LogP contribution in [0.15, 0.2) is 35.4 Å². The monoisotopic (exact) mass is 467 g/mol. The number of carbonyl (C=O) groups is 1. The lowest BCUT2D eigenvalue weighted by molar-refractivity contribution is 0.00381. The van der Waals surface area contributed by atoms with Gasteiger partial charge in [-0.15, -0.1) is 0 Å². The minimum Gasteiger partial charge on any atom is -0.474 e. The molecule has 2 aliphatic carbocycles. The predicted octanol–water partition coefficient (Wildman–Crippen LogP) is 3.19. The van der Waals surface area contributed by atoms with Crippen molar-refractivity contribution in [2.45, 2.75) is 69.5 Å². The number of fused-ring (bicyclic) bond motifs is 2. The standard InChI is InChI=1S/C24H26FN5O4/c1-13(2)34-21-15(20(31)26-17-5-4-6-29(22(17)32)18-8-16(18)25)7-14-9-30(28-19(14)27-21)24-10-23(3,11-24)33-12-24/h4-7,9,13,16,18H,8,10-12H2,1-3H3,(H,26,31)/t16-,18?,23?,24?/m0/s1. The normalized spacial score (nSPS) is 29.3. The molecule has 2 bridgehead atoms. The summed E-state index contributed by atoms with van der Waals surface area (Å²) in [5.41, 5.74) is 0.0451. The molecule has 34 heavy (non-hydrogen) atoms. The second-order valence-corrected chi connectivity index (χ2v) is 10.2. The Balaban J connectivity index is 1.35. The number of amides is 1. The van der Waals surface area contributed by atoms with Crippen LogP contribution in [0.25, 0.3) is 11.0 Å². The Hall–Kier alpha value is -3.27. The number of aromatic nitrogens is 4. The minimum absolute atomic E-state index is 0.0774. The third-order valence-corrected chi connectivity index (χ3v) is 6.89. The summed E-state index contributed by atoms with van der Waals surface area (Å²) in [6.07, 6.45) is 4.25. The lowest BCUT2D eigenvalue weighted by Crippen LogP contribution is -2.49. The molecule has 2 saturated carbocycles. The summed E-state index contributed by atoms with van der Waals surface area (Å²) in [5, 5.41) is 8.03. The number of hydrogen-bond acceptors (Lipinski definition) is 6. The zero-order valence-electron chi connectivity index (χ0n) is 19.2. The van der Waals surface area contributed by atoms with Crippen molar-refractivity contribution in [1.82, 2.24) is 19.3 Å². The van der Waals surface area contributed by atoms with Gasteiger partial charge in [-0.1, -0.05) is 0 Å². The second-order valence-electron chi connectivity index (χ2n) is 10.2. The molecule has 3 aromatic heterocycles. The highest BCUT2D eigenvalue weighted by Crippen LogP contribution is 2.55. The average molecular weight is 468 g/mol. The van der Waals surface area contributed by atoms with Crippen LogP contribution in [0.5, 0.6) is 5.88 Å². The van der Waals surface area contributed by atoms with Crippen LogP contribution in [0.1, 0.15) is 56.4 Å². The molecule has 2 aliphatic heterocycles. The van der Waals surface area contributed by atoms with Crippen LogP contribution >= 0.6 is 0 Å².